The van der Waals surface area contributed by atoms with Crippen LogP contribution in [0.2, 0.25) is 6.04 Å². The summed E-state index contributed by atoms with van der Waals surface area (Å²) in [5.74, 6) is 0.311. The minimum Gasteiger partial charge on any atom is -0.391 e. The zero-order valence-electron chi connectivity index (χ0n) is 13.2. The van der Waals surface area contributed by atoms with Crippen LogP contribution in [-0.4, -0.2) is 40.4 Å². The fourth-order valence-corrected chi connectivity index (χ4v) is 7.56. The lowest BCUT2D eigenvalue weighted by Crippen LogP contribution is -2.70. The molecule has 0 saturated carbocycles. The standard InChI is InChI=1S/C14H30O4Si/c1-6-15-14(16-7-2)13(5)11-10-12-19(14,17-8-3)18-9-4/h13H,6-12H2,1-5H3. The molecular weight excluding hydrogens is 260 g/mol. The van der Waals surface area contributed by atoms with Crippen molar-refractivity contribution in [1.82, 2.24) is 0 Å². The van der Waals surface area contributed by atoms with Gasteiger partial charge in [-0.05, 0) is 40.2 Å². The van der Waals surface area contributed by atoms with Crippen LogP contribution in [0.3, 0.4) is 0 Å². The van der Waals surface area contributed by atoms with Crippen LogP contribution in [-0.2, 0) is 18.3 Å². The van der Waals surface area contributed by atoms with E-state index in [0.717, 1.165) is 18.9 Å². The Morgan fingerprint density at radius 2 is 1.47 bits per heavy atom. The highest BCUT2D eigenvalue weighted by Gasteiger charge is 2.64. The van der Waals surface area contributed by atoms with Gasteiger partial charge in [-0.2, -0.15) is 0 Å². The predicted octanol–water partition coefficient (Wildman–Crippen LogP) is 3.24. The first-order valence-electron chi connectivity index (χ1n) is 7.68. The maximum absolute atomic E-state index is 6.17. The summed E-state index contributed by atoms with van der Waals surface area (Å²) in [6.07, 6.45) is 2.24. The third-order valence-electron chi connectivity index (χ3n) is 3.80. The lowest BCUT2D eigenvalue weighted by Gasteiger charge is -2.51. The largest absolute Gasteiger partial charge is 0.400 e. The lowest BCUT2D eigenvalue weighted by molar-refractivity contribution is -0.236. The molecule has 1 rings (SSSR count). The smallest absolute Gasteiger partial charge is 0.391 e. The first kappa shape index (κ1) is 17.1. The Balaban J connectivity index is 3.16. The van der Waals surface area contributed by atoms with Crippen molar-refractivity contribution in [3.8, 4) is 0 Å². The number of hydrogen-bond acceptors (Lipinski definition) is 4. The van der Waals surface area contributed by atoms with E-state index in [1.807, 2.05) is 27.7 Å². The van der Waals surface area contributed by atoms with Gasteiger partial charge in [0.2, 0.25) is 5.41 Å². The molecule has 1 heterocycles. The Morgan fingerprint density at radius 3 is 1.89 bits per heavy atom. The fourth-order valence-electron chi connectivity index (χ4n) is 3.21. The summed E-state index contributed by atoms with van der Waals surface area (Å²) in [5, 5.41) is 0. The van der Waals surface area contributed by atoms with Crippen LogP contribution < -0.4 is 0 Å². The molecule has 1 aliphatic rings. The highest BCUT2D eigenvalue weighted by Crippen LogP contribution is 2.45. The van der Waals surface area contributed by atoms with Crippen molar-refractivity contribution in [2.24, 2.45) is 5.92 Å². The van der Waals surface area contributed by atoms with Gasteiger partial charge in [-0.15, -0.1) is 0 Å². The van der Waals surface area contributed by atoms with Crippen LogP contribution in [0, 0.1) is 5.92 Å². The number of rotatable bonds is 8. The molecular formula is C14H30O4Si. The van der Waals surface area contributed by atoms with Gasteiger partial charge >= 0.3 is 8.56 Å². The Hall–Kier alpha value is 0.0569. The summed E-state index contributed by atoms with van der Waals surface area (Å²) in [6, 6.07) is 0.957. The van der Waals surface area contributed by atoms with Gasteiger partial charge in [0.1, 0.15) is 0 Å². The van der Waals surface area contributed by atoms with Crippen LogP contribution in [0.25, 0.3) is 0 Å². The quantitative estimate of drug-likeness (QED) is 0.508. The SMILES string of the molecule is CCOC1(OCC)C(C)CCC[Si]1(OCC)OCC. The molecule has 0 aromatic rings. The molecule has 19 heavy (non-hydrogen) atoms. The molecule has 0 aromatic carbocycles. The molecule has 1 aliphatic heterocycles. The van der Waals surface area contributed by atoms with E-state index in [0.29, 0.717) is 32.3 Å². The second kappa shape index (κ2) is 7.74. The third-order valence-corrected chi connectivity index (χ3v) is 8.16. The zero-order valence-corrected chi connectivity index (χ0v) is 14.2. The zero-order chi connectivity index (χ0) is 14.4. The second-order valence-electron chi connectivity index (χ2n) is 4.95. The Bertz CT molecular complexity index is 242. The third kappa shape index (κ3) is 3.21. The van der Waals surface area contributed by atoms with Crippen molar-refractivity contribution in [2.45, 2.75) is 58.9 Å². The van der Waals surface area contributed by atoms with Crippen molar-refractivity contribution in [3.05, 3.63) is 0 Å². The number of ether oxygens (including phenoxy) is 2. The van der Waals surface area contributed by atoms with E-state index >= 15 is 0 Å². The number of hydrogen-bond donors (Lipinski definition) is 0. The first-order chi connectivity index (χ1) is 9.12. The first-order valence-corrected chi connectivity index (χ1v) is 9.70. The van der Waals surface area contributed by atoms with E-state index in [-0.39, 0.29) is 0 Å². The Morgan fingerprint density at radius 1 is 0.947 bits per heavy atom. The van der Waals surface area contributed by atoms with Crippen molar-refractivity contribution in [2.75, 3.05) is 26.4 Å². The summed E-state index contributed by atoms with van der Waals surface area (Å²) in [5.41, 5.74) is -0.652. The maximum atomic E-state index is 6.17. The van der Waals surface area contributed by atoms with Gasteiger partial charge in [0.15, 0.2) is 0 Å². The monoisotopic (exact) mass is 290 g/mol. The second-order valence-corrected chi connectivity index (χ2v) is 8.23. The summed E-state index contributed by atoms with van der Waals surface area (Å²) < 4.78 is 24.6. The molecule has 0 bridgehead atoms. The Kier molecular flexibility index (Phi) is 6.97. The molecule has 0 N–H and O–H groups in total. The molecule has 114 valence electrons. The van der Waals surface area contributed by atoms with Crippen molar-refractivity contribution >= 4 is 8.56 Å². The van der Waals surface area contributed by atoms with E-state index in [2.05, 4.69) is 6.92 Å². The minimum atomic E-state index is -2.51. The van der Waals surface area contributed by atoms with Gasteiger partial charge in [-0.25, -0.2) is 0 Å². The summed E-state index contributed by atoms with van der Waals surface area (Å²) in [7, 11) is -2.51. The minimum absolute atomic E-state index is 0.311. The van der Waals surface area contributed by atoms with Crippen molar-refractivity contribution in [1.29, 1.82) is 0 Å². The highest BCUT2D eigenvalue weighted by molar-refractivity contribution is 6.70. The van der Waals surface area contributed by atoms with Gasteiger partial charge in [-0.1, -0.05) is 13.3 Å². The molecule has 4 nitrogen and oxygen atoms in total. The molecule has 1 fully saturated rings. The van der Waals surface area contributed by atoms with E-state index in [9.17, 15) is 0 Å². The topological polar surface area (TPSA) is 36.9 Å². The van der Waals surface area contributed by atoms with Gasteiger partial charge in [-0.3, -0.25) is 0 Å². The maximum Gasteiger partial charge on any atom is 0.400 e. The van der Waals surface area contributed by atoms with Crippen LogP contribution in [0.4, 0.5) is 0 Å². The van der Waals surface area contributed by atoms with Gasteiger partial charge < -0.3 is 18.3 Å². The normalized spacial score (nSPS) is 25.4. The summed E-state index contributed by atoms with van der Waals surface area (Å²) in [4.78, 5) is 0. The molecule has 1 atom stereocenters. The summed E-state index contributed by atoms with van der Waals surface area (Å²) >= 11 is 0. The molecule has 0 spiro atoms. The van der Waals surface area contributed by atoms with Crippen molar-refractivity contribution in [3.63, 3.8) is 0 Å². The van der Waals surface area contributed by atoms with E-state index in [1.54, 1.807) is 0 Å². The molecule has 1 unspecified atom stereocenters. The molecule has 1 saturated heterocycles. The van der Waals surface area contributed by atoms with E-state index in [4.69, 9.17) is 18.3 Å². The summed E-state index contributed by atoms with van der Waals surface area (Å²) in [6.45, 7) is 12.8. The van der Waals surface area contributed by atoms with Gasteiger partial charge in [0.05, 0.1) is 0 Å². The Labute approximate surface area is 119 Å². The fraction of sp³-hybridized carbons (Fsp3) is 1.00. The average Bonchev–Trinajstić information content (AvgIpc) is 2.37. The predicted molar refractivity (Wildman–Crippen MR) is 78.2 cm³/mol. The molecule has 0 aliphatic carbocycles. The highest BCUT2D eigenvalue weighted by atomic mass is 28.4. The van der Waals surface area contributed by atoms with Crippen LogP contribution in [0.15, 0.2) is 0 Å². The lowest BCUT2D eigenvalue weighted by atomic mass is 10.0. The van der Waals surface area contributed by atoms with Crippen LogP contribution in [0.5, 0.6) is 0 Å². The van der Waals surface area contributed by atoms with Crippen LogP contribution in [0.1, 0.15) is 47.5 Å². The van der Waals surface area contributed by atoms with E-state index in [1.165, 1.54) is 0 Å². The molecule has 0 radical (unpaired) electrons. The van der Waals surface area contributed by atoms with Gasteiger partial charge in [0.25, 0.3) is 0 Å². The van der Waals surface area contributed by atoms with Crippen molar-refractivity contribution < 1.29 is 18.3 Å². The molecule has 5 heteroatoms. The average molecular weight is 290 g/mol. The van der Waals surface area contributed by atoms with E-state index < -0.39 is 14.0 Å². The molecule has 0 amide bonds. The van der Waals surface area contributed by atoms with Crippen LogP contribution >= 0.6 is 0 Å². The van der Waals surface area contributed by atoms with Gasteiger partial charge in [0, 0.05) is 32.3 Å². The molecule has 0 aromatic heterocycles.